The van der Waals surface area contributed by atoms with Gasteiger partial charge in [0, 0.05) is 36.4 Å². The molecule has 1 aromatic carbocycles. The summed E-state index contributed by atoms with van der Waals surface area (Å²) in [5, 5.41) is 3.47. The molecule has 2 aliphatic rings. The van der Waals surface area contributed by atoms with Crippen LogP contribution >= 0.6 is 0 Å². The summed E-state index contributed by atoms with van der Waals surface area (Å²) in [7, 11) is 0. The van der Waals surface area contributed by atoms with Crippen molar-refractivity contribution < 1.29 is 4.79 Å². The minimum absolute atomic E-state index is 0.234. The number of carbonyl (C=O) groups excluding carboxylic acids is 1. The summed E-state index contributed by atoms with van der Waals surface area (Å²) in [5.41, 5.74) is 7.87. The van der Waals surface area contributed by atoms with Gasteiger partial charge in [0.15, 0.2) is 0 Å². The van der Waals surface area contributed by atoms with Crippen molar-refractivity contribution in [2.75, 3.05) is 16.8 Å². The number of nitrogens with zero attached hydrogens (tertiary/aromatic N) is 1. The van der Waals surface area contributed by atoms with Gasteiger partial charge < -0.3 is 16.0 Å². The van der Waals surface area contributed by atoms with Crippen LogP contribution in [0.3, 0.4) is 0 Å². The van der Waals surface area contributed by atoms with Gasteiger partial charge in [0.2, 0.25) is 5.91 Å². The van der Waals surface area contributed by atoms with Gasteiger partial charge in [-0.3, -0.25) is 4.79 Å². The van der Waals surface area contributed by atoms with Gasteiger partial charge in [-0.15, -0.1) is 0 Å². The second-order valence-electron chi connectivity index (χ2n) is 5.27. The molecule has 0 aromatic heterocycles. The van der Waals surface area contributed by atoms with E-state index in [-0.39, 0.29) is 5.91 Å². The summed E-state index contributed by atoms with van der Waals surface area (Å²) in [5.74, 6) is 0.234. The van der Waals surface area contributed by atoms with Gasteiger partial charge in [-0.1, -0.05) is 6.07 Å². The fourth-order valence-electron chi connectivity index (χ4n) is 2.70. The molecular formula is C14H19N3O. The summed E-state index contributed by atoms with van der Waals surface area (Å²) in [6.07, 6.45) is 3.71. The number of rotatable bonds is 3. The fourth-order valence-corrected chi connectivity index (χ4v) is 2.70. The molecule has 1 heterocycles. The maximum Gasteiger partial charge on any atom is 0.227 e. The molecule has 18 heavy (non-hydrogen) atoms. The first kappa shape index (κ1) is 11.5. The van der Waals surface area contributed by atoms with Gasteiger partial charge in [0.1, 0.15) is 0 Å². The highest BCUT2D eigenvalue weighted by Crippen LogP contribution is 2.27. The number of hydrogen-bond acceptors (Lipinski definition) is 3. The fraction of sp³-hybridized carbons (Fsp3) is 0.500. The second kappa shape index (κ2) is 4.61. The minimum atomic E-state index is 0.234. The lowest BCUT2D eigenvalue weighted by Gasteiger charge is -2.34. The van der Waals surface area contributed by atoms with Crippen molar-refractivity contribution in [2.45, 2.75) is 37.8 Å². The lowest BCUT2D eigenvalue weighted by Crippen LogP contribution is -2.44. The number of hydrogen-bond donors (Lipinski definition) is 2. The molecule has 2 fully saturated rings. The first-order valence-corrected chi connectivity index (χ1v) is 6.65. The molecule has 3 N–H and O–H groups in total. The second-order valence-corrected chi connectivity index (χ2v) is 5.27. The Morgan fingerprint density at radius 2 is 2.17 bits per heavy atom. The summed E-state index contributed by atoms with van der Waals surface area (Å²) < 4.78 is 0. The molecule has 3 rings (SSSR count). The first-order chi connectivity index (χ1) is 8.72. The Labute approximate surface area is 107 Å². The van der Waals surface area contributed by atoms with Crippen LogP contribution in [-0.4, -0.2) is 24.5 Å². The van der Waals surface area contributed by atoms with Crippen LogP contribution in [0.4, 0.5) is 11.4 Å². The molecule has 1 aliphatic heterocycles. The van der Waals surface area contributed by atoms with Crippen LogP contribution in [0.1, 0.15) is 25.7 Å². The van der Waals surface area contributed by atoms with Crippen LogP contribution in [0, 0.1) is 0 Å². The van der Waals surface area contributed by atoms with Gasteiger partial charge >= 0.3 is 0 Å². The Morgan fingerprint density at radius 3 is 2.83 bits per heavy atom. The maximum absolute atomic E-state index is 11.7. The Bertz CT molecular complexity index is 454. The van der Waals surface area contributed by atoms with Crippen LogP contribution < -0.4 is 16.0 Å². The normalized spacial score (nSPS) is 27.2. The number of nitrogens with two attached hydrogens (primary N) is 1. The van der Waals surface area contributed by atoms with E-state index in [1.165, 1.54) is 0 Å². The molecular weight excluding hydrogens is 226 g/mol. The van der Waals surface area contributed by atoms with Crippen LogP contribution in [0.15, 0.2) is 24.3 Å². The zero-order valence-corrected chi connectivity index (χ0v) is 10.4. The maximum atomic E-state index is 11.7. The van der Waals surface area contributed by atoms with Crippen molar-refractivity contribution in [1.82, 2.24) is 0 Å². The van der Waals surface area contributed by atoms with Crippen molar-refractivity contribution in [3.05, 3.63) is 24.3 Å². The Kier molecular flexibility index (Phi) is 2.96. The smallest absolute Gasteiger partial charge is 0.227 e. The molecule has 1 saturated heterocycles. The third-order valence-corrected chi connectivity index (χ3v) is 3.78. The Balaban J connectivity index is 1.70. The van der Waals surface area contributed by atoms with Crippen LogP contribution in [0.25, 0.3) is 0 Å². The van der Waals surface area contributed by atoms with E-state index in [9.17, 15) is 4.79 Å². The molecule has 0 bridgehead atoms. The monoisotopic (exact) mass is 245 g/mol. The average Bonchev–Trinajstić information content (AvgIpc) is 2.74. The Hall–Kier alpha value is -1.55. The predicted octanol–water partition coefficient (Wildman–Crippen LogP) is 1.71. The van der Waals surface area contributed by atoms with Gasteiger partial charge in [0.05, 0.1) is 0 Å². The standard InChI is InChI=1S/C14H19N3O/c15-10-7-12(8-10)16-11-3-1-4-13(9-11)17-6-2-5-14(17)18/h1,3-4,9-10,12,16H,2,5-8,15H2. The number of amides is 1. The van der Waals surface area contributed by atoms with Crippen molar-refractivity contribution in [1.29, 1.82) is 0 Å². The topological polar surface area (TPSA) is 58.4 Å². The van der Waals surface area contributed by atoms with Crippen molar-refractivity contribution in [3.8, 4) is 0 Å². The minimum Gasteiger partial charge on any atom is -0.382 e. The highest BCUT2D eigenvalue weighted by atomic mass is 16.2. The van der Waals surface area contributed by atoms with Crippen molar-refractivity contribution in [2.24, 2.45) is 5.73 Å². The van der Waals surface area contributed by atoms with E-state index in [1.807, 2.05) is 23.1 Å². The zero-order chi connectivity index (χ0) is 12.5. The van der Waals surface area contributed by atoms with Crippen molar-refractivity contribution in [3.63, 3.8) is 0 Å². The van der Waals surface area contributed by atoms with E-state index < -0.39 is 0 Å². The third kappa shape index (κ3) is 2.20. The lowest BCUT2D eigenvalue weighted by atomic mass is 9.87. The molecule has 96 valence electrons. The number of anilines is 2. The summed E-state index contributed by atoms with van der Waals surface area (Å²) in [6, 6.07) is 8.96. The van der Waals surface area contributed by atoms with Gasteiger partial charge in [-0.05, 0) is 37.5 Å². The SMILES string of the molecule is NC1CC(Nc2cccc(N3CCCC3=O)c2)C1. The summed E-state index contributed by atoms with van der Waals surface area (Å²) in [4.78, 5) is 13.6. The Morgan fingerprint density at radius 1 is 1.33 bits per heavy atom. The number of nitrogens with one attached hydrogen (secondary N) is 1. The third-order valence-electron chi connectivity index (χ3n) is 3.78. The summed E-state index contributed by atoms with van der Waals surface area (Å²) in [6.45, 7) is 0.844. The van der Waals surface area contributed by atoms with E-state index in [1.54, 1.807) is 0 Å². The lowest BCUT2D eigenvalue weighted by molar-refractivity contribution is -0.117. The first-order valence-electron chi connectivity index (χ1n) is 6.65. The molecule has 1 aliphatic carbocycles. The van der Waals surface area contributed by atoms with E-state index in [4.69, 9.17) is 5.73 Å². The number of benzene rings is 1. The molecule has 1 amide bonds. The van der Waals surface area contributed by atoms with Crippen LogP contribution in [0.2, 0.25) is 0 Å². The molecule has 0 radical (unpaired) electrons. The quantitative estimate of drug-likeness (QED) is 0.852. The zero-order valence-electron chi connectivity index (χ0n) is 10.4. The number of carbonyl (C=O) groups is 1. The van der Waals surface area contributed by atoms with Gasteiger partial charge in [-0.2, -0.15) is 0 Å². The van der Waals surface area contributed by atoms with Crippen molar-refractivity contribution >= 4 is 17.3 Å². The molecule has 0 atom stereocenters. The van der Waals surface area contributed by atoms with E-state index >= 15 is 0 Å². The molecule has 0 unspecified atom stereocenters. The highest BCUT2D eigenvalue weighted by molar-refractivity contribution is 5.95. The van der Waals surface area contributed by atoms with Crippen LogP contribution in [-0.2, 0) is 4.79 Å². The predicted molar refractivity (Wildman–Crippen MR) is 72.6 cm³/mol. The van der Waals surface area contributed by atoms with E-state index in [0.717, 1.165) is 37.2 Å². The van der Waals surface area contributed by atoms with Gasteiger partial charge in [0.25, 0.3) is 0 Å². The van der Waals surface area contributed by atoms with Gasteiger partial charge in [-0.25, -0.2) is 0 Å². The molecule has 0 spiro atoms. The van der Waals surface area contributed by atoms with E-state index in [2.05, 4.69) is 11.4 Å². The summed E-state index contributed by atoms with van der Waals surface area (Å²) >= 11 is 0. The average molecular weight is 245 g/mol. The molecule has 1 aromatic rings. The molecule has 1 saturated carbocycles. The van der Waals surface area contributed by atoms with Crippen LogP contribution in [0.5, 0.6) is 0 Å². The molecule has 4 nitrogen and oxygen atoms in total. The largest absolute Gasteiger partial charge is 0.382 e. The molecule has 4 heteroatoms. The van der Waals surface area contributed by atoms with E-state index in [0.29, 0.717) is 18.5 Å². The highest BCUT2D eigenvalue weighted by Gasteiger charge is 2.26.